The highest BCUT2D eigenvalue weighted by Crippen LogP contribution is 2.26. The Bertz CT molecular complexity index is 975. The van der Waals surface area contributed by atoms with E-state index in [1.807, 2.05) is 18.2 Å². The smallest absolute Gasteiger partial charge is 0.251 e. The van der Waals surface area contributed by atoms with Gasteiger partial charge < -0.3 is 15.2 Å². The number of benzene rings is 1. The van der Waals surface area contributed by atoms with Crippen LogP contribution in [-0.4, -0.2) is 45.7 Å². The van der Waals surface area contributed by atoms with Crippen molar-refractivity contribution < 1.29 is 4.79 Å². The SMILES string of the molecule is O=C(NCC1CN(c2cc3c(nn2)CCC3)C1)c1ccc2nc[nH]c2c1. The van der Waals surface area contributed by atoms with Crippen LogP contribution in [0.5, 0.6) is 0 Å². The standard InChI is InChI=1S/C19H20N6O/c26-19(14-4-5-16-17(6-14)22-11-21-16)20-8-12-9-25(10-12)18-7-13-2-1-3-15(13)23-24-18/h4-7,11-12H,1-3,8-10H2,(H,20,26)(H,21,22). The Morgan fingerprint density at radius 2 is 2.15 bits per heavy atom. The Morgan fingerprint density at radius 3 is 3.08 bits per heavy atom. The molecule has 0 radical (unpaired) electrons. The number of imidazole rings is 1. The Labute approximate surface area is 150 Å². The van der Waals surface area contributed by atoms with E-state index in [0.29, 0.717) is 18.0 Å². The first kappa shape index (κ1) is 15.3. The van der Waals surface area contributed by atoms with E-state index in [1.165, 1.54) is 12.0 Å². The van der Waals surface area contributed by atoms with Crippen LogP contribution in [0, 0.1) is 5.92 Å². The highest BCUT2D eigenvalue weighted by molar-refractivity contribution is 5.97. The number of amides is 1. The molecule has 3 aromatic rings. The Balaban J connectivity index is 1.16. The summed E-state index contributed by atoms with van der Waals surface area (Å²) in [6.07, 6.45) is 5.00. The van der Waals surface area contributed by atoms with Crippen LogP contribution >= 0.6 is 0 Å². The van der Waals surface area contributed by atoms with Crippen molar-refractivity contribution in [2.45, 2.75) is 19.3 Å². The number of carbonyl (C=O) groups is 1. The van der Waals surface area contributed by atoms with Gasteiger partial charge in [-0.1, -0.05) is 0 Å². The van der Waals surface area contributed by atoms with Gasteiger partial charge in [0, 0.05) is 31.1 Å². The number of aryl methyl sites for hydroxylation is 2. The van der Waals surface area contributed by atoms with Gasteiger partial charge >= 0.3 is 0 Å². The van der Waals surface area contributed by atoms with Gasteiger partial charge in [0.2, 0.25) is 0 Å². The van der Waals surface area contributed by atoms with Crippen LogP contribution in [0.4, 0.5) is 5.82 Å². The number of carbonyl (C=O) groups excluding carboxylic acids is 1. The summed E-state index contributed by atoms with van der Waals surface area (Å²) in [5.74, 6) is 1.38. The Hall–Kier alpha value is -2.96. The van der Waals surface area contributed by atoms with Crippen LogP contribution in [0.1, 0.15) is 28.0 Å². The summed E-state index contributed by atoms with van der Waals surface area (Å²) in [6.45, 7) is 2.50. The first-order valence-corrected chi connectivity index (χ1v) is 9.08. The number of nitrogens with zero attached hydrogens (tertiary/aromatic N) is 4. The fourth-order valence-corrected chi connectivity index (χ4v) is 3.77. The maximum absolute atomic E-state index is 12.4. The minimum absolute atomic E-state index is 0.0442. The molecule has 26 heavy (non-hydrogen) atoms. The van der Waals surface area contributed by atoms with Crippen molar-refractivity contribution in [2.75, 3.05) is 24.5 Å². The molecule has 1 fully saturated rings. The molecule has 7 heteroatoms. The molecule has 0 atom stereocenters. The van der Waals surface area contributed by atoms with E-state index < -0.39 is 0 Å². The van der Waals surface area contributed by atoms with Crippen molar-refractivity contribution in [3.05, 3.63) is 47.4 Å². The van der Waals surface area contributed by atoms with Gasteiger partial charge in [-0.3, -0.25) is 4.79 Å². The van der Waals surface area contributed by atoms with Crippen LogP contribution in [0.3, 0.4) is 0 Å². The summed E-state index contributed by atoms with van der Waals surface area (Å²) in [6, 6.07) is 7.69. The number of rotatable bonds is 4. The number of hydrogen-bond acceptors (Lipinski definition) is 5. The highest BCUT2D eigenvalue weighted by atomic mass is 16.1. The molecule has 2 aromatic heterocycles. The number of hydrogen-bond donors (Lipinski definition) is 2. The van der Waals surface area contributed by atoms with Crippen molar-refractivity contribution in [3.63, 3.8) is 0 Å². The third-order valence-corrected chi connectivity index (χ3v) is 5.32. The molecule has 2 aliphatic rings. The van der Waals surface area contributed by atoms with E-state index in [9.17, 15) is 4.79 Å². The summed E-state index contributed by atoms with van der Waals surface area (Å²) >= 11 is 0. The van der Waals surface area contributed by atoms with E-state index in [-0.39, 0.29) is 5.91 Å². The van der Waals surface area contributed by atoms with Crippen LogP contribution < -0.4 is 10.2 Å². The van der Waals surface area contributed by atoms with Crippen molar-refractivity contribution in [1.29, 1.82) is 0 Å². The quantitative estimate of drug-likeness (QED) is 0.749. The first-order chi connectivity index (χ1) is 12.8. The van der Waals surface area contributed by atoms with Crippen LogP contribution in [0.25, 0.3) is 11.0 Å². The van der Waals surface area contributed by atoms with Gasteiger partial charge in [0.05, 0.1) is 23.1 Å². The zero-order valence-corrected chi connectivity index (χ0v) is 14.4. The van der Waals surface area contributed by atoms with E-state index in [0.717, 1.165) is 48.5 Å². The topological polar surface area (TPSA) is 86.8 Å². The lowest BCUT2D eigenvalue weighted by atomic mass is 10.00. The molecule has 1 aliphatic carbocycles. The van der Waals surface area contributed by atoms with Crippen LogP contribution in [0.15, 0.2) is 30.6 Å². The summed E-state index contributed by atoms with van der Waals surface area (Å²) in [4.78, 5) is 21.8. The molecule has 1 amide bonds. The molecule has 1 aliphatic heterocycles. The third kappa shape index (κ3) is 2.69. The molecule has 7 nitrogen and oxygen atoms in total. The minimum atomic E-state index is -0.0442. The van der Waals surface area contributed by atoms with E-state index in [4.69, 9.17) is 0 Å². The second-order valence-electron chi connectivity index (χ2n) is 7.14. The van der Waals surface area contributed by atoms with Gasteiger partial charge in [-0.05, 0) is 49.1 Å². The summed E-state index contributed by atoms with van der Waals surface area (Å²) < 4.78 is 0. The molecule has 0 spiro atoms. The molecule has 2 N–H and O–H groups in total. The molecule has 1 aromatic carbocycles. The van der Waals surface area contributed by atoms with Gasteiger partial charge in [0.25, 0.3) is 5.91 Å². The van der Waals surface area contributed by atoms with Crippen molar-refractivity contribution in [3.8, 4) is 0 Å². The zero-order valence-electron chi connectivity index (χ0n) is 14.4. The average Bonchev–Trinajstić information content (AvgIpc) is 3.27. The number of aromatic nitrogens is 4. The minimum Gasteiger partial charge on any atom is -0.354 e. The monoisotopic (exact) mass is 348 g/mol. The largest absolute Gasteiger partial charge is 0.354 e. The molecule has 0 saturated carbocycles. The lowest BCUT2D eigenvalue weighted by molar-refractivity contribution is 0.0944. The van der Waals surface area contributed by atoms with E-state index in [1.54, 1.807) is 6.33 Å². The molecule has 0 unspecified atom stereocenters. The summed E-state index contributed by atoms with van der Waals surface area (Å²) in [5, 5.41) is 11.7. The normalized spacial score (nSPS) is 16.5. The van der Waals surface area contributed by atoms with Gasteiger partial charge in [-0.25, -0.2) is 4.98 Å². The molecule has 3 heterocycles. The predicted molar refractivity (Wildman–Crippen MR) is 98.2 cm³/mol. The number of H-pyrrole nitrogens is 1. The predicted octanol–water partition coefficient (Wildman–Crippen LogP) is 1.71. The van der Waals surface area contributed by atoms with Crippen LogP contribution in [0.2, 0.25) is 0 Å². The molecule has 1 saturated heterocycles. The number of anilines is 1. The van der Waals surface area contributed by atoms with Gasteiger partial charge in [0.15, 0.2) is 5.82 Å². The van der Waals surface area contributed by atoms with Gasteiger partial charge in [-0.15, -0.1) is 5.10 Å². The number of fused-ring (bicyclic) bond motifs is 2. The first-order valence-electron chi connectivity index (χ1n) is 9.08. The van der Waals surface area contributed by atoms with Crippen molar-refractivity contribution in [1.82, 2.24) is 25.5 Å². The maximum atomic E-state index is 12.4. The Morgan fingerprint density at radius 1 is 1.23 bits per heavy atom. The molecular weight excluding hydrogens is 328 g/mol. The molecule has 0 bridgehead atoms. The fraction of sp³-hybridized carbons (Fsp3) is 0.368. The highest BCUT2D eigenvalue weighted by Gasteiger charge is 2.29. The Kier molecular flexibility index (Phi) is 3.58. The molecule has 132 valence electrons. The molecule has 5 rings (SSSR count). The van der Waals surface area contributed by atoms with Crippen LogP contribution in [-0.2, 0) is 12.8 Å². The van der Waals surface area contributed by atoms with Gasteiger partial charge in [-0.2, -0.15) is 5.10 Å². The lowest BCUT2D eigenvalue weighted by Gasteiger charge is -2.40. The van der Waals surface area contributed by atoms with E-state index >= 15 is 0 Å². The summed E-state index contributed by atoms with van der Waals surface area (Å²) in [7, 11) is 0. The third-order valence-electron chi connectivity index (χ3n) is 5.32. The lowest BCUT2D eigenvalue weighted by Crippen LogP contribution is -2.52. The number of aromatic amines is 1. The van der Waals surface area contributed by atoms with Crippen molar-refractivity contribution >= 4 is 22.8 Å². The fourth-order valence-electron chi connectivity index (χ4n) is 3.77. The molecular formula is C19H20N6O. The zero-order chi connectivity index (χ0) is 17.5. The summed E-state index contributed by atoms with van der Waals surface area (Å²) in [5.41, 5.74) is 4.91. The second kappa shape index (κ2) is 6.09. The van der Waals surface area contributed by atoms with E-state index in [2.05, 4.69) is 36.4 Å². The maximum Gasteiger partial charge on any atom is 0.251 e. The second-order valence-corrected chi connectivity index (χ2v) is 7.14. The number of nitrogens with one attached hydrogen (secondary N) is 2. The average molecular weight is 348 g/mol. The van der Waals surface area contributed by atoms with Gasteiger partial charge in [0.1, 0.15) is 0 Å². The van der Waals surface area contributed by atoms with Crippen molar-refractivity contribution in [2.24, 2.45) is 5.92 Å².